The van der Waals surface area contributed by atoms with Crippen LogP contribution in [0.2, 0.25) is 0 Å². The molecule has 31 heavy (non-hydrogen) atoms. The molecule has 0 saturated carbocycles. The summed E-state index contributed by atoms with van der Waals surface area (Å²) >= 11 is 0. The molecule has 0 aliphatic carbocycles. The minimum absolute atomic E-state index is 0.0846. The van der Waals surface area contributed by atoms with Gasteiger partial charge in [-0.05, 0) is 25.7 Å². The van der Waals surface area contributed by atoms with E-state index in [0.717, 1.165) is 51.4 Å². The van der Waals surface area contributed by atoms with Gasteiger partial charge in [0.15, 0.2) is 0 Å². The number of alkyl halides is 2. The van der Waals surface area contributed by atoms with Crippen LogP contribution in [0.15, 0.2) is 0 Å². The zero-order valence-corrected chi connectivity index (χ0v) is 20.6. The van der Waals surface area contributed by atoms with Crippen molar-refractivity contribution < 1.29 is 23.0 Å². The fraction of sp³-hybridized carbons (Fsp3) is 1.00. The normalized spacial score (nSPS) is 26.1. The van der Waals surface area contributed by atoms with Crippen LogP contribution in [0.4, 0.5) is 8.78 Å². The third-order valence-corrected chi connectivity index (χ3v) is 7.32. The van der Waals surface area contributed by atoms with E-state index in [1.54, 1.807) is 0 Å². The molecular weight excluding hydrogens is 398 g/mol. The highest BCUT2D eigenvalue weighted by atomic mass is 19.1. The average Bonchev–Trinajstić information content (AvgIpc) is 3.65. The van der Waals surface area contributed by atoms with Gasteiger partial charge in [0.1, 0.15) is 24.6 Å². The zero-order valence-electron chi connectivity index (χ0n) is 20.6. The molecule has 2 aliphatic rings. The molecule has 0 amide bonds. The lowest BCUT2D eigenvalue weighted by Crippen LogP contribution is -2.53. The fourth-order valence-corrected chi connectivity index (χ4v) is 5.01. The van der Waals surface area contributed by atoms with Crippen molar-refractivity contribution in [2.45, 2.75) is 153 Å². The number of ether oxygens (including phenoxy) is 3. The second kappa shape index (κ2) is 13.4. The van der Waals surface area contributed by atoms with Gasteiger partial charge in [-0.15, -0.1) is 0 Å². The van der Waals surface area contributed by atoms with E-state index >= 15 is 8.78 Å². The SMILES string of the molecule is CCCCCCC(F)CC(CC)(OC(CC)(CC(F)CCCCCC)C1CO1)C1CO1. The van der Waals surface area contributed by atoms with Crippen LogP contribution in [-0.4, -0.2) is 49.0 Å². The number of rotatable bonds is 20. The van der Waals surface area contributed by atoms with Gasteiger partial charge >= 0.3 is 0 Å². The Bertz CT molecular complexity index is 441. The average molecular weight is 447 g/mol. The molecule has 2 rings (SSSR count). The van der Waals surface area contributed by atoms with Gasteiger partial charge in [0.05, 0.1) is 24.4 Å². The summed E-state index contributed by atoms with van der Waals surface area (Å²) in [5.74, 6) is 0. The van der Waals surface area contributed by atoms with Crippen LogP contribution in [0, 0.1) is 0 Å². The van der Waals surface area contributed by atoms with Crippen molar-refractivity contribution >= 4 is 0 Å². The summed E-state index contributed by atoms with van der Waals surface area (Å²) in [5, 5.41) is 0. The first-order chi connectivity index (χ1) is 14.9. The molecule has 0 aromatic heterocycles. The smallest absolute Gasteiger partial charge is 0.110 e. The zero-order chi connectivity index (χ0) is 22.7. The van der Waals surface area contributed by atoms with E-state index in [1.165, 1.54) is 0 Å². The van der Waals surface area contributed by atoms with Crippen molar-refractivity contribution in [1.82, 2.24) is 0 Å². The summed E-state index contributed by atoms with van der Waals surface area (Å²) < 4.78 is 48.3. The van der Waals surface area contributed by atoms with Crippen LogP contribution in [0.25, 0.3) is 0 Å². The molecule has 0 spiro atoms. The van der Waals surface area contributed by atoms with Crippen LogP contribution < -0.4 is 0 Å². The van der Waals surface area contributed by atoms with Crippen molar-refractivity contribution in [3.63, 3.8) is 0 Å². The molecule has 6 unspecified atom stereocenters. The topological polar surface area (TPSA) is 34.3 Å². The van der Waals surface area contributed by atoms with E-state index in [2.05, 4.69) is 27.7 Å². The number of epoxide rings is 2. The molecule has 5 heteroatoms. The van der Waals surface area contributed by atoms with Gasteiger partial charge in [-0.25, -0.2) is 8.78 Å². The van der Waals surface area contributed by atoms with Crippen molar-refractivity contribution in [2.24, 2.45) is 0 Å². The quantitative estimate of drug-likeness (QED) is 0.143. The molecule has 3 nitrogen and oxygen atoms in total. The maximum atomic E-state index is 15.1. The molecule has 0 aromatic carbocycles. The van der Waals surface area contributed by atoms with Gasteiger partial charge in [0.2, 0.25) is 0 Å². The Morgan fingerprint density at radius 3 is 1.39 bits per heavy atom. The van der Waals surface area contributed by atoms with E-state index in [4.69, 9.17) is 14.2 Å². The largest absolute Gasteiger partial charge is 0.370 e. The van der Waals surface area contributed by atoms with Crippen LogP contribution in [0.3, 0.4) is 0 Å². The molecule has 2 aliphatic heterocycles. The number of halogens is 2. The highest BCUT2D eigenvalue weighted by molar-refractivity contribution is 5.04. The fourth-order valence-electron chi connectivity index (χ4n) is 5.01. The molecule has 2 saturated heterocycles. The van der Waals surface area contributed by atoms with Gasteiger partial charge < -0.3 is 14.2 Å². The molecule has 0 N–H and O–H groups in total. The summed E-state index contributed by atoms with van der Waals surface area (Å²) in [6.07, 6.45) is 9.76. The van der Waals surface area contributed by atoms with Gasteiger partial charge in [-0.2, -0.15) is 0 Å². The molecule has 6 atom stereocenters. The van der Waals surface area contributed by atoms with E-state index in [-0.39, 0.29) is 12.2 Å². The van der Waals surface area contributed by atoms with Crippen LogP contribution >= 0.6 is 0 Å². The second-order valence-corrected chi connectivity index (χ2v) is 9.88. The third-order valence-electron chi connectivity index (χ3n) is 7.32. The molecule has 0 bridgehead atoms. The maximum absolute atomic E-state index is 15.1. The number of hydrogen-bond donors (Lipinski definition) is 0. The standard InChI is InChI=1S/C26H48F2O3/c1-5-9-11-13-15-21(27)17-25(7-3,23-19-29-23)31-26(8-4,24-20-30-24)18-22(28)16-14-12-10-6-2/h21-24H,5-20H2,1-4H3. The van der Waals surface area contributed by atoms with Crippen molar-refractivity contribution in [2.75, 3.05) is 13.2 Å². The molecule has 0 radical (unpaired) electrons. The molecule has 2 heterocycles. The van der Waals surface area contributed by atoms with E-state index in [0.29, 0.717) is 51.7 Å². The minimum Gasteiger partial charge on any atom is -0.370 e. The van der Waals surface area contributed by atoms with Crippen LogP contribution in [0.5, 0.6) is 0 Å². The Kier molecular flexibility index (Phi) is 11.7. The minimum atomic E-state index is -0.911. The van der Waals surface area contributed by atoms with Crippen LogP contribution in [-0.2, 0) is 14.2 Å². The first-order valence-corrected chi connectivity index (χ1v) is 13.2. The maximum Gasteiger partial charge on any atom is 0.110 e. The van der Waals surface area contributed by atoms with Gasteiger partial charge in [-0.3, -0.25) is 0 Å². The van der Waals surface area contributed by atoms with Crippen LogP contribution in [0.1, 0.15) is 118 Å². The molecule has 2 fully saturated rings. The summed E-state index contributed by atoms with van der Waals surface area (Å²) in [6.45, 7) is 9.66. The van der Waals surface area contributed by atoms with Crippen molar-refractivity contribution in [3.8, 4) is 0 Å². The highest BCUT2D eigenvalue weighted by Crippen LogP contribution is 2.46. The van der Waals surface area contributed by atoms with Crippen molar-refractivity contribution in [1.29, 1.82) is 0 Å². The Hall–Kier alpha value is -0.260. The lowest BCUT2D eigenvalue weighted by molar-refractivity contribution is -0.197. The number of unbranched alkanes of at least 4 members (excludes halogenated alkanes) is 6. The van der Waals surface area contributed by atoms with Gasteiger partial charge in [0, 0.05) is 12.8 Å². The van der Waals surface area contributed by atoms with Gasteiger partial charge in [0.25, 0.3) is 0 Å². The molecular formula is C26H48F2O3. The monoisotopic (exact) mass is 446 g/mol. The first-order valence-electron chi connectivity index (χ1n) is 13.2. The molecule has 184 valence electrons. The molecule has 0 aromatic rings. The van der Waals surface area contributed by atoms with E-state index in [1.807, 2.05) is 0 Å². The van der Waals surface area contributed by atoms with E-state index < -0.39 is 23.5 Å². The predicted molar refractivity (Wildman–Crippen MR) is 123 cm³/mol. The summed E-state index contributed by atoms with van der Waals surface area (Å²) in [5.41, 5.74) is -1.37. The number of hydrogen-bond acceptors (Lipinski definition) is 3. The highest BCUT2D eigenvalue weighted by Gasteiger charge is 2.57. The predicted octanol–water partition coefficient (Wildman–Crippen LogP) is 7.50. The van der Waals surface area contributed by atoms with Gasteiger partial charge in [-0.1, -0.05) is 79.1 Å². The Balaban J connectivity index is 2.03. The lowest BCUT2D eigenvalue weighted by atomic mass is 9.83. The Morgan fingerprint density at radius 2 is 1.10 bits per heavy atom. The first kappa shape index (κ1) is 27.0. The third kappa shape index (κ3) is 8.55. The Labute approximate surface area is 190 Å². The summed E-state index contributed by atoms with van der Waals surface area (Å²) in [4.78, 5) is 0. The summed E-state index contributed by atoms with van der Waals surface area (Å²) in [7, 11) is 0. The second-order valence-electron chi connectivity index (χ2n) is 9.88. The van der Waals surface area contributed by atoms with Crippen molar-refractivity contribution in [3.05, 3.63) is 0 Å². The lowest BCUT2D eigenvalue weighted by Gasteiger charge is -2.44. The Morgan fingerprint density at radius 1 is 0.710 bits per heavy atom. The summed E-state index contributed by atoms with van der Waals surface area (Å²) in [6, 6.07) is 0. The van der Waals surface area contributed by atoms with E-state index in [9.17, 15) is 0 Å².